The molecule has 27 heavy (non-hydrogen) atoms. The minimum Gasteiger partial charge on any atom is -0.493 e. The van der Waals surface area contributed by atoms with Crippen molar-refractivity contribution in [3.05, 3.63) is 53.3 Å². The van der Waals surface area contributed by atoms with Gasteiger partial charge in [-0.1, -0.05) is 13.3 Å². The maximum Gasteiger partial charge on any atom is 0.251 e. The standard InChI is InChI=1S/C21H24FNO3S/c1-3-4-10-26-18-7-5-14(12-19(18)25-2)21(24)23-17-9-11-27-20-8-6-15(22)13-16(17)20/h5-8,12-13,17H,3-4,9-11H2,1-2H3,(H,23,24). The normalized spacial score (nSPS) is 15.7. The van der Waals surface area contributed by atoms with Crippen molar-refractivity contribution in [1.82, 2.24) is 5.32 Å². The van der Waals surface area contributed by atoms with Crippen molar-refractivity contribution < 1.29 is 18.7 Å². The first-order chi connectivity index (χ1) is 13.1. The molecular weight excluding hydrogens is 365 g/mol. The molecule has 0 spiro atoms. The Hall–Kier alpha value is -2.21. The van der Waals surface area contributed by atoms with Crippen LogP contribution in [0.25, 0.3) is 0 Å². The molecule has 1 amide bonds. The van der Waals surface area contributed by atoms with E-state index in [1.807, 2.05) is 0 Å². The summed E-state index contributed by atoms with van der Waals surface area (Å²) in [7, 11) is 1.56. The van der Waals surface area contributed by atoms with Gasteiger partial charge in [-0.25, -0.2) is 4.39 Å². The van der Waals surface area contributed by atoms with Gasteiger partial charge in [-0.2, -0.15) is 0 Å². The van der Waals surface area contributed by atoms with Gasteiger partial charge in [-0.3, -0.25) is 4.79 Å². The van der Waals surface area contributed by atoms with E-state index in [-0.39, 0.29) is 17.8 Å². The molecule has 1 N–H and O–H groups in total. The van der Waals surface area contributed by atoms with E-state index in [9.17, 15) is 9.18 Å². The number of amides is 1. The second-order valence-electron chi connectivity index (χ2n) is 6.41. The number of hydrogen-bond donors (Lipinski definition) is 1. The highest BCUT2D eigenvalue weighted by Crippen LogP contribution is 2.37. The summed E-state index contributed by atoms with van der Waals surface area (Å²) in [5.74, 6) is 1.55. The van der Waals surface area contributed by atoms with Gasteiger partial charge in [0.2, 0.25) is 0 Å². The van der Waals surface area contributed by atoms with E-state index in [2.05, 4.69) is 12.2 Å². The molecule has 1 heterocycles. The van der Waals surface area contributed by atoms with E-state index in [0.717, 1.165) is 35.5 Å². The highest BCUT2D eigenvalue weighted by Gasteiger charge is 2.23. The van der Waals surface area contributed by atoms with Gasteiger partial charge in [0, 0.05) is 16.2 Å². The molecule has 1 aliphatic rings. The molecule has 0 saturated heterocycles. The lowest BCUT2D eigenvalue weighted by Crippen LogP contribution is -2.30. The summed E-state index contributed by atoms with van der Waals surface area (Å²) >= 11 is 1.69. The largest absolute Gasteiger partial charge is 0.493 e. The van der Waals surface area contributed by atoms with Gasteiger partial charge >= 0.3 is 0 Å². The molecule has 1 aliphatic heterocycles. The van der Waals surface area contributed by atoms with Crippen LogP contribution in [0.5, 0.6) is 11.5 Å². The Morgan fingerprint density at radius 1 is 1.26 bits per heavy atom. The van der Waals surface area contributed by atoms with Crippen molar-refractivity contribution in [2.24, 2.45) is 0 Å². The maximum absolute atomic E-state index is 13.6. The van der Waals surface area contributed by atoms with Crippen LogP contribution in [-0.2, 0) is 0 Å². The Bertz CT molecular complexity index is 812. The van der Waals surface area contributed by atoms with Gasteiger partial charge < -0.3 is 14.8 Å². The summed E-state index contributed by atoms with van der Waals surface area (Å²) in [4.78, 5) is 13.8. The third kappa shape index (κ3) is 4.75. The number of hydrogen-bond acceptors (Lipinski definition) is 4. The fraction of sp³-hybridized carbons (Fsp3) is 0.381. The second-order valence-corrected chi connectivity index (χ2v) is 7.55. The van der Waals surface area contributed by atoms with Gasteiger partial charge in [0.25, 0.3) is 5.91 Å². The highest BCUT2D eigenvalue weighted by molar-refractivity contribution is 7.99. The Morgan fingerprint density at radius 3 is 2.89 bits per heavy atom. The third-order valence-electron chi connectivity index (χ3n) is 4.50. The summed E-state index contributed by atoms with van der Waals surface area (Å²) in [5, 5.41) is 3.03. The lowest BCUT2D eigenvalue weighted by atomic mass is 10.0. The summed E-state index contributed by atoms with van der Waals surface area (Å²) in [5.41, 5.74) is 1.33. The van der Waals surface area contributed by atoms with E-state index < -0.39 is 0 Å². The van der Waals surface area contributed by atoms with Crippen LogP contribution in [0.4, 0.5) is 4.39 Å². The van der Waals surface area contributed by atoms with E-state index >= 15 is 0 Å². The summed E-state index contributed by atoms with van der Waals surface area (Å²) in [6, 6.07) is 9.71. The lowest BCUT2D eigenvalue weighted by Gasteiger charge is -2.26. The van der Waals surface area contributed by atoms with E-state index in [4.69, 9.17) is 9.47 Å². The van der Waals surface area contributed by atoms with Crippen LogP contribution >= 0.6 is 11.8 Å². The topological polar surface area (TPSA) is 47.6 Å². The Morgan fingerprint density at radius 2 is 2.11 bits per heavy atom. The van der Waals surface area contributed by atoms with Gasteiger partial charge in [0.1, 0.15) is 5.82 Å². The van der Waals surface area contributed by atoms with Crippen molar-refractivity contribution in [1.29, 1.82) is 0 Å². The first-order valence-corrected chi connectivity index (χ1v) is 10.1. The van der Waals surface area contributed by atoms with E-state index in [1.165, 1.54) is 12.1 Å². The average Bonchev–Trinajstić information content (AvgIpc) is 2.68. The quantitative estimate of drug-likeness (QED) is 0.679. The van der Waals surface area contributed by atoms with Crippen LogP contribution in [0.3, 0.4) is 0 Å². The molecule has 2 aromatic rings. The minimum absolute atomic E-state index is 0.198. The Balaban J connectivity index is 1.74. The maximum atomic E-state index is 13.6. The molecule has 6 heteroatoms. The van der Waals surface area contributed by atoms with Crippen molar-refractivity contribution in [3.63, 3.8) is 0 Å². The van der Waals surface area contributed by atoms with Gasteiger partial charge in [-0.05, 0) is 54.8 Å². The Kier molecular flexibility index (Phi) is 6.61. The third-order valence-corrected chi connectivity index (χ3v) is 5.62. The SMILES string of the molecule is CCCCOc1ccc(C(=O)NC2CCSc3ccc(F)cc32)cc1OC. The monoisotopic (exact) mass is 389 g/mol. The number of carbonyl (C=O) groups is 1. The van der Waals surface area contributed by atoms with E-state index in [1.54, 1.807) is 43.1 Å². The minimum atomic E-state index is -0.286. The molecule has 0 saturated carbocycles. The zero-order valence-corrected chi connectivity index (χ0v) is 16.4. The molecule has 0 aliphatic carbocycles. The van der Waals surface area contributed by atoms with Gasteiger partial charge in [-0.15, -0.1) is 11.8 Å². The Labute approximate surface area is 163 Å². The molecule has 1 atom stereocenters. The number of nitrogens with one attached hydrogen (secondary N) is 1. The summed E-state index contributed by atoms with van der Waals surface area (Å²) < 4.78 is 24.7. The number of rotatable bonds is 7. The molecule has 1 unspecified atom stereocenters. The number of carbonyl (C=O) groups excluding carboxylic acids is 1. The molecule has 0 aromatic heterocycles. The van der Waals surface area contributed by atoms with Crippen LogP contribution < -0.4 is 14.8 Å². The number of unbranched alkanes of at least 4 members (excludes halogenated alkanes) is 1. The molecule has 0 radical (unpaired) electrons. The predicted molar refractivity (Wildman–Crippen MR) is 105 cm³/mol. The molecule has 2 aromatic carbocycles. The molecule has 0 bridgehead atoms. The number of benzene rings is 2. The van der Waals surface area contributed by atoms with Crippen LogP contribution in [0.15, 0.2) is 41.3 Å². The number of halogens is 1. The van der Waals surface area contributed by atoms with Crippen molar-refractivity contribution in [2.75, 3.05) is 19.5 Å². The van der Waals surface area contributed by atoms with Crippen LogP contribution in [0.1, 0.15) is 48.1 Å². The average molecular weight is 389 g/mol. The van der Waals surface area contributed by atoms with Gasteiger partial charge in [0.05, 0.1) is 19.8 Å². The van der Waals surface area contributed by atoms with E-state index in [0.29, 0.717) is 23.7 Å². The number of fused-ring (bicyclic) bond motifs is 1. The molecule has 3 rings (SSSR count). The van der Waals surface area contributed by atoms with Gasteiger partial charge in [0.15, 0.2) is 11.5 Å². The van der Waals surface area contributed by atoms with Crippen molar-refractivity contribution >= 4 is 17.7 Å². The van der Waals surface area contributed by atoms with Crippen LogP contribution in [-0.4, -0.2) is 25.4 Å². The lowest BCUT2D eigenvalue weighted by molar-refractivity contribution is 0.0934. The molecule has 0 fully saturated rings. The summed E-state index contributed by atoms with van der Waals surface area (Å²) in [6.07, 6.45) is 2.77. The molecular formula is C21H24FNO3S. The van der Waals surface area contributed by atoms with Crippen molar-refractivity contribution in [3.8, 4) is 11.5 Å². The zero-order valence-electron chi connectivity index (χ0n) is 15.6. The number of methoxy groups -OCH3 is 1. The summed E-state index contributed by atoms with van der Waals surface area (Å²) in [6.45, 7) is 2.71. The molecule has 144 valence electrons. The number of ether oxygens (including phenoxy) is 2. The number of thioether (sulfide) groups is 1. The molecule has 4 nitrogen and oxygen atoms in total. The fourth-order valence-corrected chi connectivity index (χ4v) is 4.12. The predicted octanol–water partition coefficient (Wildman–Crippen LogP) is 4.98. The first-order valence-electron chi connectivity index (χ1n) is 9.16. The smallest absolute Gasteiger partial charge is 0.251 e. The second kappa shape index (κ2) is 9.13. The highest BCUT2D eigenvalue weighted by atomic mass is 32.2. The fourth-order valence-electron chi connectivity index (χ4n) is 3.01. The van der Waals surface area contributed by atoms with Crippen LogP contribution in [0.2, 0.25) is 0 Å². The first kappa shape index (κ1) is 19.5. The van der Waals surface area contributed by atoms with Crippen LogP contribution in [0, 0.1) is 5.82 Å². The van der Waals surface area contributed by atoms with Crippen molar-refractivity contribution in [2.45, 2.75) is 37.1 Å². The zero-order chi connectivity index (χ0) is 19.2.